The van der Waals surface area contributed by atoms with Gasteiger partial charge in [-0.1, -0.05) is 30.7 Å². The number of carbonyl (C=O) groups is 1. The van der Waals surface area contributed by atoms with Crippen molar-refractivity contribution in [2.75, 3.05) is 23.7 Å². The van der Waals surface area contributed by atoms with Gasteiger partial charge in [0.15, 0.2) is 11.6 Å². The summed E-state index contributed by atoms with van der Waals surface area (Å²) in [4.78, 5) is 15.1. The van der Waals surface area contributed by atoms with Gasteiger partial charge in [0, 0.05) is 19.2 Å². The first-order valence-electron chi connectivity index (χ1n) is 10.7. The van der Waals surface area contributed by atoms with Crippen LogP contribution in [-0.4, -0.2) is 44.6 Å². The summed E-state index contributed by atoms with van der Waals surface area (Å²) < 4.78 is 52.2. The molecule has 6 nitrogen and oxygen atoms in total. The highest BCUT2D eigenvalue weighted by molar-refractivity contribution is 7.92. The van der Waals surface area contributed by atoms with E-state index in [-0.39, 0.29) is 12.2 Å². The molecule has 2 aromatic rings. The summed E-state index contributed by atoms with van der Waals surface area (Å²) in [5, 5.41) is 2.72. The first-order chi connectivity index (χ1) is 15.1. The summed E-state index contributed by atoms with van der Waals surface area (Å²) in [7, 11) is -3.92. The van der Waals surface area contributed by atoms with Crippen LogP contribution in [0.25, 0.3) is 0 Å². The fourth-order valence-corrected chi connectivity index (χ4v) is 5.07. The predicted molar refractivity (Wildman–Crippen MR) is 121 cm³/mol. The van der Waals surface area contributed by atoms with E-state index >= 15 is 0 Å². The van der Waals surface area contributed by atoms with Crippen LogP contribution in [-0.2, 0) is 27.9 Å². The third-order valence-electron chi connectivity index (χ3n) is 5.59. The van der Waals surface area contributed by atoms with E-state index in [1.807, 2.05) is 24.3 Å². The van der Waals surface area contributed by atoms with Gasteiger partial charge in [-0.3, -0.25) is 14.0 Å². The molecule has 1 N–H and O–H groups in total. The van der Waals surface area contributed by atoms with Crippen LogP contribution in [0.2, 0.25) is 0 Å². The van der Waals surface area contributed by atoms with Gasteiger partial charge in [0.25, 0.3) is 0 Å². The zero-order valence-corrected chi connectivity index (χ0v) is 19.2. The standard InChI is InChI=1S/C23H29F2N3O3S/c1-17(28(32(2,30)31)20-10-11-21(24)22(25)14-20)23(29)26-15-18-6-8-19(9-7-18)16-27-12-4-3-5-13-27/h6-11,14,17H,3-5,12-13,15-16H2,1-2H3,(H,26,29)/t17-/m1/s1. The molecule has 32 heavy (non-hydrogen) atoms. The summed E-state index contributed by atoms with van der Waals surface area (Å²) in [6.45, 7) is 4.76. The van der Waals surface area contributed by atoms with Crippen LogP contribution in [0.3, 0.4) is 0 Å². The number of hydrogen-bond donors (Lipinski definition) is 1. The van der Waals surface area contributed by atoms with Crippen molar-refractivity contribution in [3.05, 3.63) is 65.2 Å². The Morgan fingerprint density at radius 3 is 2.25 bits per heavy atom. The van der Waals surface area contributed by atoms with Crippen LogP contribution < -0.4 is 9.62 Å². The number of piperidine rings is 1. The molecule has 0 aromatic heterocycles. The number of likely N-dealkylation sites (tertiary alicyclic amines) is 1. The Hall–Kier alpha value is -2.52. The van der Waals surface area contributed by atoms with Gasteiger partial charge in [-0.25, -0.2) is 17.2 Å². The van der Waals surface area contributed by atoms with Crippen LogP contribution >= 0.6 is 0 Å². The molecule has 0 aliphatic carbocycles. The van der Waals surface area contributed by atoms with E-state index in [0.717, 1.165) is 54.0 Å². The van der Waals surface area contributed by atoms with Crippen molar-refractivity contribution >= 4 is 21.6 Å². The Balaban J connectivity index is 1.62. The van der Waals surface area contributed by atoms with Crippen LogP contribution in [0.15, 0.2) is 42.5 Å². The third kappa shape index (κ3) is 6.26. The van der Waals surface area contributed by atoms with Gasteiger partial charge in [0.2, 0.25) is 15.9 Å². The maximum atomic E-state index is 13.6. The minimum atomic E-state index is -3.92. The second-order valence-corrected chi connectivity index (χ2v) is 10.1. The van der Waals surface area contributed by atoms with Crippen LogP contribution in [0, 0.1) is 11.6 Å². The molecule has 0 radical (unpaired) electrons. The van der Waals surface area contributed by atoms with E-state index in [9.17, 15) is 22.0 Å². The van der Waals surface area contributed by atoms with Gasteiger partial charge in [0.1, 0.15) is 6.04 Å². The monoisotopic (exact) mass is 465 g/mol. The molecular formula is C23H29F2N3O3S. The molecule has 1 saturated heterocycles. The molecule has 1 aliphatic rings. The fraction of sp³-hybridized carbons (Fsp3) is 0.435. The molecule has 0 saturated carbocycles. The van der Waals surface area contributed by atoms with Gasteiger partial charge in [-0.05, 0) is 56.1 Å². The Kier molecular flexibility index (Phi) is 7.84. The lowest BCUT2D eigenvalue weighted by atomic mass is 10.1. The molecule has 1 heterocycles. The van der Waals surface area contributed by atoms with Crippen molar-refractivity contribution in [1.29, 1.82) is 0 Å². The van der Waals surface area contributed by atoms with Crippen LogP contribution in [0.4, 0.5) is 14.5 Å². The number of amides is 1. The van der Waals surface area contributed by atoms with Crippen molar-refractivity contribution in [2.45, 2.75) is 45.3 Å². The Morgan fingerprint density at radius 1 is 1.03 bits per heavy atom. The minimum absolute atomic E-state index is 0.115. The summed E-state index contributed by atoms with van der Waals surface area (Å²) in [5.74, 6) is -2.83. The van der Waals surface area contributed by atoms with Gasteiger partial charge in [0.05, 0.1) is 11.9 Å². The molecule has 0 unspecified atom stereocenters. The van der Waals surface area contributed by atoms with E-state index < -0.39 is 33.6 Å². The number of rotatable bonds is 8. The average molecular weight is 466 g/mol. The topological polar surface area (TPSA) is 69.7 Å². The highest BCUT2D eigenvalue weighted by Crippen LogP contribution is 2.23. The van der Waals surface area contributed by atoms with E-state index in [1.165, 1.54) is 31.7 Å². The van der Waals surface area contributed by atoms with Crippen molar-refractivity contribution < 1.29 is 22.0 Å². The number of anilines is 1. The Bertz CT molecular complexity index is 1040. The fourth-order valence-electron chi connectivity index (χ4n) is 3.91. The maximum Gasteiger partial charge on any atom is 0.243 e. The molecular weight excluding hydrogens is 436 g/mol. The highest BCUT2D eigenvalue weighted by atomic mass is 32.2. The maximum absolute atomic E-state index is 13.6. The molecule has 0 spiro atoms. The second-order valence-electron chi connectivity index (χ2n) is 8.20. The summed E-state index contributed by atoms with van der Waals surface area (Å²) in [6.07, 6.45) is 4.67. The van der Waals surface area contributed by atoms with Crippen molar-refractivity contribution in [2.24, 2.45) is 0 Å². The first-order valence-corrected chi connectivity index (χ1v) is 12.5. The first kappa shape index (κ1) is 24.1. The van der Waals surface area contributed by atoms with E-state index in [2.05, 4.69) is 10.2 Å². The largest absolute Gasteiger partial charge is 0.350 e. The van der Waals surface area contributed by atoms with E-state index in [1.54, 1.807) is 0 Å². The quantitative estimate of drug-likeness (QED) is 0.649. The summed E-state index contributed by atoms with van der Waals surface area (Å²) >= 11 is 0. The number of carbonyl (C=O) groups excluding carboxylic acids is 1. The van der Waals surface area contributed by atoms with Crippen LogP contribution in [0.1, 0.15) is 37.3 Å². The molecule has 1 amide bonds. The lowest BCUT2D eigenvalue weighted by Gasteiger charge is -2.28. The number of sulfonamides is 1. The SMILES string of the molecule is C[C@H](C(=O)NCc1ccc(CN2CCCCC2)cc1)N(c1ccc(F)c(F)c1)S(C)(=O)=O. The third-order valence-corrected chi connectivity index (χ3v) is 6.83. The minimum Gasteiger partial charge on any atom is -0.350 e. The number of nitrogens with zero attached hydrogens (tertiary/aromatic N) is 2. The molecule has 3 rings (SSSR count). The number of hydrogen-bond acceptors (Lipinski definition) is 4. The number of nitrogens with one attached hydrogen (secondary N) is 1. The smallest absolute Gasteiger partial charge is 0.243 e. The molecule has 2 aromatic carbocycles. The second kappa shape index (κ2) is 10.4. The number of halogens is 2. The lowest BCUT2D eigenvalue weighted by molar-refractivity contribution is -0.122. The Morgan fingerprint density at radius 2 is 1.66 bits per heavy atom. The highest BCUT2D eigenvalue weighted by Gasteiger charge is 2.29. The lowest BCUT2D eigenvalue weighted by Crippen LogP contribution is -2.47. The van der Waals surface area contributed by atoms with Gasteiger partial charge in [-0.15, -0.1) is 0 Å². The molecule has 174 valence electrons. The van der Waals surface area contributed by atoms with Crippen molar-refractivity contribution in [3.8, 4) is 0 Å². The summed E-state index contributed by atoms with van der Waals surface area (Å²) in [6, 6.07) is 9.52. The summed E-state index contributed by atoms with van der Waals surface area (Å²) in [5.41, 5.74) is 1.97. The molecule has 1 aliphatic heterocycles. The van der Waals surface area contributed by atoms with Crippen molar-refractivity contribution in [3.63, 3.8) is 0 Å². The van der Waals surface area contributed by atoms with Gasteiger partial charge < -0.3 is 5.32 Å². The van der Waals surface area contributed by atoms with E-state index in [0.29, 0.717) is 0 Å². The zero-order chi connectivity index (χ0) is 23.3. The van der Waals surface area contributed by atoms with Gasteiger partial charge in [-0.2, -0.15) is 0 Å². The van der Waals surface area contributed by atoms with E-state index in [4.69, 9.17) is 0 Å². The average Bonchev–Trinajstić information content (AvgIpc) is 2.75. The van der Waals surface area contributed by atoms with Gasteiger partial charge >= 0.3 is 0 Å². The molecule has 9 heteroatoms. The normalized spacial score (nSPS) is 15.9. The van der Waals surface area contributed by atoms with Crippen LogP contribution in [0.5, 0.6) is 0 Å². The Labute approximate surface area is 188 Å². The number of benzene rings is 2. The molecule has 1 fully saturated rings. The predicted octanol–water partition coefficient (Wildman–Crippen LogP) is 3.42. The molecule has 1 atom stereocenters. The molecule has 0 bridgehead atoms. The zero-order valence-electron chi connectivity index (χ0n) is 18.4. The van der Waals surface area contributed by atoms with Crippen molar-refractivity contribution in [1.82, 2.24) is 10.2 Å².